The monoisotopic (exact) mass is 393 g/mol. The van der Waals surface area contributed by atoms with Crippen LogP contribution in [0.15, 0.2) is 84.9 Å². The van der Waals surface area contributed by atoms with Crippen molar-refractivity contribution < 1.29 is 13.3 Å². The van der Waals surface area contributed by atoms with Gasteiger partial charge in [-0.3, -0.25) is 0 Å². The lowest BCUT2D eigenvalue weighted by molar-refractivity contribution is 0.153. The summed E-state index contributed by atoms with van der Waals surface area (Å²) in [5.74, 6) is 0. The normalized spacial score (nSPS) is 13.6. The zero-order valence-electron chi connectivity index (χ0n) is 15.2. The number of halogens is 2. The van der Waals surface area contributed by atoms with Gasteiger partial charge in [-0.1, -0.05) is 78.4 Å². The Morgan fingerprint density at radius 1 is 0.821 bits per heavy atom. The summed E-state index contributed by atoms with van der Waals surface area (Å²) in [4.78, 5) is 4.57. The smallest absolute Gasteiger partial charge is 0.264 e. The number of para-hydroxylation sites is 1. The SMILES string of the molecule is Cc1ccc(P(=O)(c2ccccc2)c2cc(C(F)F)c3ccccc3n2)cc1. The van der Waals surface area contributed by atoms with Crippen molar-refractivity contribution in [1.82, 2.24) is 4.98 Å². The highest BCUT2D eigenvalue weighted by atomic mass is 31.2. The fourth-order valence-electron chi connectivity index (χ4n) is 3.34. The Kier molecular flexibility index (Phi) is 4.82. The van der Waals surface area contributed by atoms with E-state index in [9.17, 15) is 13.3 Å². The number of aryl methyl sites for hydroxylation is 1. The molecule has 0 aliphatic heterocycles. The van der Waals surface area contributed by atoms with Gasteiger partial charge in [-0.15, -0.1) is 0 Å². The van der Waals surface area contributed by atoms with E-state index in [0.717, 1.165) is 5.56 Å². The fraction of sp³-hybridized carbons (Fsp3) is 0.0870. The van der Waals surface area contributed by atoms with Crippen molar-refractivity contribution in [3.63, 3.8) is 0 Å². The van der Waals surface area contributed by atoms with Crippen LogP contribution in [0.1, 0.15) is 17.6 Å². The first-order chi connectivity index (χ1) is 13.5. The van der Waals surface area contributed by atoms with Crippen LogP contribution >= 0.6 is 7.14 Å². The first kappa shape index (κ1) is 18.5. The first-order valence-corrected chi connectivity index (χ1v) is 10.6. The van der Waals surface area contributed by atoms with Gasteiger partial charge in [0.25, 0.3) is 6.43 Å². The summed E-state index contributed by atoms with van der Waals surface area (Å²) < 4.78 is 42.1. The molecule has 0 saturated carbocycles. The molecule has 1 atom stereocenters. The third-order valence-corrected chi connectivity index (χ3v) is 7.73. The average molecular weight is 393 g/mol. The van der Waals surface area contributed by atoms with E-state index >= 15 is 0 Å². The summed E-state index contributed by atoms with van der Waals surface area (Å²) in [6.45, 7) is 1.94. The highest BCUT2D eigenvalue weighted by molar-refractivity contribution is 7.85. The van der Waals surface area contributed by atoms with E-state index < -0.39 is 13.6 Å². The van der Waals surface area contributed by atoms with Crippen molar-refractivity contribution in [3.05, 3.63) is 96.1 Å². The molecule has 4 rings (SSSR count). The topological polar surface area (TPSA) is 30.0 Å². The van der Waals surface area contributed by atoms with Crippen molar-refractivity contribution >= 4 is 34.1 Å². The van der Waals surface area contributed by atoms with E-state index in [1.807, 2.05) is 25.1 Å². The number of nitrogens with zero attached hydrogens (tertiary/aromatic N) is 1. The number of aromatic nitrogens is 1. The second-order valence-corrected chi connectivity index (χ2v) is 9.38. The molecule has 0 aliphatic rings. The minimum atomic E-state index is -3.41. The second kappa shape index (κ2) is 7.29. The number of fused-ring (bicyclic) bond motifs is 1. The predicted molar refractivity (Wildman–Crippen MR) is 111 cm³/mol. The van der Waals surface area contributed by atoms with E-state index in [2.05, 4.69) is 4.98 Å². The lowest BCUT2D eigenvalue weighted by Crippen LogP contribution is -2.27. The third-order valence-electron chi connectivity index (χ3n) is 4.81. The van der Waals surface area contributed by atoms with Crippen molar-refractivity contribution in [3.8, 4) is 0 Å². The minimum absolute atomic E-state index is 0.149. The van der Waals surface area contributed by atoms with E-state index in [0.29, 0.717) is 21.5 Å². The number of pyridine rings is 1. The molecule has 2 nitrogen and oxygen atoms in total. The van der Waals surface area contributed by atoms with Gasteiger partial charge in [-0.2, -0.15) is 0 Å². The lowest BCUT2D eigenvalue weighted by atomic mass is 10.1. The summed E-state index contributed by atoms with van der Waals surface area (Å²) >= 11 is 0. The lowest BCUT2D eigenvalue weighted by Gasteiger charge is -2.20. The Hall–Kier alpha value is -2.84. The standard InChI is InChI=1S/C23H18F2NOP/c1-16-11-13-18(14-12-16)28(27,17-7-3-2-4-8-17)22-15-20(23(24)25)19-9-5-6-10-21(19)26-22/h2-15,23H,1H3. The highest BCUT2D eigenvalue weighted by Crippen LogP contribution is 2.43. The van der Waals surface area contributed by atoms with Crippen molar-refractivity contribution in [2.75, 3.05) is 0 Å². The van der Waals surface area contributed by atoms with Crippen LogP contribution in [0.5, 0.6) is 0 Å². The van der Waals surface area contributed by atoms with E-state index in [1.54, 1.807) is 60.7 Å². The van der Waals surface area contributed by atoms with Gasteiger partial charge in [0.2, 0.25) is 0 Å². The summed E-state index contributed by atoms with van der Waals surface area (Å²) in [6.07, 6.45) is -2.69. The molecule has 140 valence electrons. The summed E-state index contributed by atoms with van der Waals surface area (Å²) in [5.41, 5.74) is 1.47. The molecular weight excluding hydrogens is 375 g/mol. The van der Waals surface area contributed by atoms with Crippen molar-refractivity contribution in [2.24, 2.45) is 0 Å². The van der Waals surface area contributed by atoms with Gasteiger partial charge in [-0.05, 0) is 19.1 Å². The third kappa shape index (κ3) is 3.14. The molecule has 0 radical (unpaired) electrons. The maximum absolute atomic E-state index is 14.4. The largest absolute Gasteiger partial charge is 0.307 e. The predicted octanol–water partition coefficient (Wildman–Crippen LogP) is 5.12. The number of rotatable bonds is 4. The molecular formula is C23H18F2NOP. The summed E-state index contributed by atoms with van der Waals surface area (Å²) in [5, 5.41) is 1.53. The Morgan fingerprint density at radius 3 is 2.11 bits per heavy atom. The molecule has 1 aromatic heterocycles. The van der Waals surface area contributed by atoms with Gasteiger partial charge in [0.1, 0.15) is 5.44 Å². The zero-order chi connectivity index (χ0) is 19.7. The molecule has 1 heterocycles. The van der Waals surface area contributed by atoms with Crippen LogP contribution in [-0.4, -0.2) is 4.98 Å². The van der Waals surface area contributed by atoms with Crippen LogP contribution in [0, 0.1) is 6.92 Å². The van der Waals surface area contributed by atoms with Gasteiger partial charge in [-0.25, -0.2) is 13.8 Å². The Labute approximate surface area is 162 Å². The molecule has 0 N–H and O–H groups in total. The van der Waals surface area contributed by atoms with Crippen LogP contribution in [0.25, 0.3) is 10.9 Å². The van der Waals surface area contributed by atoms with E-state index in [1.165, 1.54) is 6.07 Å². The van der Waals surface area contributed by atoms with Crippen molar-refractivity contribution in [1.29, 1.82) is 0 Å². The molecule has 5 heteroatoms. The second-order valence-electron chi connectivity index (χ2n) is 6.67. The number of alkyl halides is 2. The maximum atomic E-state index is 14.4. The quantitative estimate of drug-likeness (QED) is 0.451. The number of benzene rings is 3. The van der Waals surface area contributed by atoms with Crippen LogP contribution < -0.4 is 16.0 Å². The fourth-order valence-corrected chi connectivity index (χ4v) is 5.89. The molecule has 4 aromatic rings. The molecule has 1 unspecified atom stereocenters. The van der Waals surface area contributed by atoms with Crippen LogP contribution in [0.3, 0.4) is 0 Å². The molecule has 0 saturated heterocycles. The van der Waals surface area contributed by atoms with E-state index in [-0.39, 0.29) is 11.0 Å². The first-order valence-electron chi connectivity index (χ1n) is 8.91. The van der Waals surface area contributed by atoms with E-state index in [4.69, 9.17) is 0 Å². The van der Waals surface area contributed by atoms with Gasteiger partial charge < -0.3 is 4.57 Å². The Balaban J connectivity index is 2.06. The summed E-state index contributed by atoms with van der Waals surface area (Å²) in [7, 11) is -3.41. The Morgan fingerprint density at radius 2 is 1.43 bits per heavy atom. The molecule has 0 aliphatic carbocycles. The van der Waals surface area contributed by atoms with Gasteiger partial charge >= 0.3 is 0 Å². The average Bonchev–Trinajstić information content (AvgIpc) is 2.73. The Bertz CT molecular complexity index is 1170. The maximum Gasteiger partial charge on any atom is 0.264 e. The number of hydrogen-bond donors (Lipinski definition) is 0. The van der Waals surface area contributed by atoms with Crippen molar-refractivity contribution in [2.45, 2.75) is 13.3 Å². The molecule has 28 heavy (non-hydrogen) atoms. The van der Waals surface area contributed by atoms with Gasteiger partial charge in [0.05, 0.1) is 5.52 Å². The number of hydrogen-bond acceptors (Lipinski definition) is 2. The summed E-state index contributed by atoms with van der Waals surface area (Å²) in [6, 6.07) is 24.3. The van der Waals surface area contributed by atoms with Gasteiger partial charge in [0, 0.05) is 21.6 Å². The zero-order valence-corrected chi connectivity index (χ0v) is 16.1. The molecule has 0 fully saturated rings. The molecule has 0 bridgehead atoms. The molecule has 3 aromatic carbocycles. The van der Waals surface area contributed by atoms with Gasteiger partial charge in [0.15, 0.2) is 7.14 Å². The molecule has 0 amide bonds. The van der Waals surface area contributed by atoms with Crippen LogP contribution in [0.4, 0.5) is 8.78 Å². The highest BCUT2D eigenvalue weighted by Gasteiger charge is 2.32. The van der Waals surface area contributed by atoms with Crippen LogP contribution in [0.2, 0.25) is 0 Å². The molecule has 0 spiro atoms. The van der Waals surface area contributed by atoms with Crippen LogP contribution in [-0.2, 0) is 4.57 Å². The minimum Gasteiger partial charge on any atom is -0.307 e.